The van der Waals surface area contributed by atoms with Gasteiger partial charge in [0, 0.05) is 0 Å². The molecule has 0 aromatic heterocycles. The second kappa shape index (κ2) is 9.10. The molecule has 0 radical (unpaired) electrons. The highest BCUT2D eigenvalue weighted by Crippen LogP contribution is 2.34. The zero-order valence-corrected chi connectivity index (χ0v) is 17.7. The number of rotatable bonds is 6. The van der Waals surface area contributed by atoms with Crippen molar-refractivity contribution in [2.45, 2.75) is 6.92 Å². The van der Waals surface area contributed by atoms with Crippen LogP contribution in [0.25, 0.3) is 6.08 Å². The van der Waals surface area contributed by atoms with Crippen LogP contribution in [0.3, 0.4) is 0 Å². The molecular weight excluding hydrogens is 426 g/mol. The summed E-state index contributed by atoms with van der Waals surface area (Å²) in [7, 11) is 1.44. The summed E-state index contributed by atoms with van der Waals surface area (Å²) in [5, 5.41) is 8.91. The molecule has 1 saturated heterocycles. The molecule has 1 amide bonds. The zero-order chi connectivity index (χ0) is 21.8. The number of carbonyl (C=O) groups is 3. The van der Waals surface area contributed by atoms with E-state index in [-0.39, 0.29) is 10.1 Å². The van der Waals surface area contributed by atoms with Crippen molar-refractivity contribution in [2.75, 3.05) is 13.7 Å². The summed E-state index contributed by atoms with van der Waals surface area (Å²) in [6.45, 7) is 1.44. The van der Waals surface area contributed by atoms with Crippen LogP contribution >= 0.6 is 24.0 Å². The molecule has 0 atom stereocenters. The van der Waals surface area contributed by atoms with Gasteiger partial charge < -0.3 is 14.6 Å². The van der Waals surface area contributed by atoms with E-state index in [9.17, 15) is 14.4 Å². The molecule has 2 aromatic carbocycles. The molecule has 30 heavy (non-hydrogen) atoms. The van der Waals surface area contributed by atoms with Crippen molar-refractivity contribution in [1.82, 2.24) is 4.90 Å². The molecule has 9 heteroatoms. The highest BCUT2D eigenvalue weighted by Gasteiger charge is 2.33. The molecule has 0 bridgehead atoms. The van der Waals surface area contributed by atoms with Crippen LogP contribution < -0.4 is 9.47 Å². The summed E-state index contributed by atoms with van der Waals surface area (Å²) in [5.41, 5.74) is 2.05. The quantitative estimate of drug-likeness (QED) is 0.314. The average molecular weight is 444 g/mol. The van der Waals surface area contributed by atoms with Gasteiger partial charge in [-0.3, -0.25) is 14.5 Å². The summed E-state index contributed by atoms with van der Waals surface area (Å²) in [6, 6.07) is 11.8. The molecule has 1 fully saturated rings. The molecule has 7 nitrogen and oxygen atoms in total. The monoisotopic (exact) mass is 443 g/mol. The molecule has 154 valence electrons. The second-order valence-electron chi connectivity index (χ2n) is 6.33. The number of ether oxygens (including phenoxy) is 2. The first-order valence-corrected chi connectivity index (χ1v) is 9.95. The molecule has 2 aromatic rings. The van der Waals surface area contributed by atoms with E-state index in [0.717, 1.165) is 22.2 Å². The maximum Gasteiger partial charge on any atom is 0.343 e. The van der Waals surface area contributed by atoms with E-state index in [4.69, 9.17) is 26.8 Å². The van der Waals surface area contributed by atoms with Crippen LogP contribution in [0, 0.1) is 6.92 Å². The summed E-state index contributed by atoms with van der Waals surface area (Å²) in [4.78, 5) is 37.0. The van der Waals surface area contributed by atoms with Crippen LogP contribution in [0.2, 0.25) is 0 Å². The number of nitrogens with zero attached hydrogens (tertiary/aromatic N) is 1. The summed E-state index contributed by atoms with van der Waals surface area (Å²) in [5.74, 6) is -1.59. The van der Waals surface area contributed by atoms with Crippen LogP contribution in [0.5, 0.6) is 11.5 Å². The first kappa shape index (κ1) is 21.5. The van der Waals surface area contributed by atoms with Crippen LogP contribution in [-0.2, 0) is 9.59 Å². The van der Waals surface area contributed by atoms with Crippen LogP contribution in [0.4, 0.5) is 0 Å². The molecule has 1 aliphatic heterocycles. The largest absolute Gasteiger partial charge is 0.493 e. The topological polar surface area (TPSA) is 93.1 Å². The number of esters is 1. The third-order valence-corrected chi connectivity index (χ3v) is 5.52. The standard InChI is InChI=1S/C21H17NO6S2/c1-12-3-6-14(7-4-12)20(26)28-15-8-5-13(9-16(15)27-2)10-17-19(25)22(11-18(23)24)21(29)30-17/h3-10H,11H2,1-2H3,(H,23,24)/b17-10+. The number of amides is 1. The first-order valence-electron chi connectivity index (χ1n) is 8.72. The molecule has 0 aliphatic carbocycles. The maximum absolute atomic E-state index is 12.4. The van der Waals surface area contributed by atoms with E-state index in [1.807, 2.05) is 19.1 Å². The Hall–Kier alpha value is -3.17. The lowest BCUT2D eigenvalue weighted by molar-refractivity contribution is -0.140. The number of benzene rings is 2. The fraction of sp³-hybridized carbons (Fsp3) is 0.143. The lowest BCUT2D eigenvalue weighted by Crippen LogP contribution is -2.33. The van der Waals surface area contributed by atoms with Gasteiger partial charge in [0.05, 0.1) is 17.6 Å². The van der Waals surface area contributed by atoms with E-state index in [0.29, 0.717) is 21.8 Å². The minimum Gasteiger partial charge on any atom is -0.493 e. The molecule has 0 saturated carbocycles. The number of hydrogen-bond acceptors (Lipinski definition) is 7. The van der Waals surface area contributed by atoms with Crippen molar-refractivity contribution in [1.29, 1.82) is 0 Å². The van der Waals surface area contributed by atoms with Gasteiger partial charge in [0.2, 0.25) is 0 Å². The van der Waals surface area contributed by atoms with Crippen molar-refractivity contribution >= 4 is 52.2 Å². The Balaban J connectivity index is 1.80. The number of carboxylic acid groups (broad SMARTS) is 1. The smallest absolute Gasteiger partial charge is 0.343 e. The number of hydrogen-bond donors (Lipinski definition) is 1. The minimum absolute atomic E-state index is 0.185. The number of thiocarbonyl (C=S) groups is 1. The van der Waals surface area contributed by atoms with Gasteiger partial charge in [-0.15, -0.1) is 0 Å². The molecule has 0 spiro atoms. The van der Waals surface area contributed by atoms with E-state index in [1.165, 1.54) is 7.11 Å². The van der Waals surface area contributed by atoms with Crippen LogP contribution in [-0.4, -0.2) is 45.8 Å². The highest BCUT2D eigenvalue weighted by molar-refractivity contribution is 8.26. The van der Waals surface area contributed by atoms with Crippen LogP contribution in [0.1, 0.15) is 21.5 Å². The van der Waals surface area contributed by atoms with Gasteiger partial charge in [-0.2, -0.15) is 0 Å². The van der Waals surface area contributed by atoms with E-state index in [2.05, 4.69) is 0 Å². The normalized spacial score (nSPS) is 14.9. The Morgan fingerprint density at radius 3 is 2.50 bits per heavy atom. The molecule has 1 N–H and O–H groups in total. The van der Waals surface area contributed by atoms with Gasteiger partial charge in [-0.05, 0) is 42.8 Å². The van der Waals surface area contributed by atoms with Gasteiger partial charge in [-0.25, -0.2) is 4.79 Å². The third-order valence-electron chi connectivity index (χ3n) is 4.14. The van der Waals surface area contributed by atoms with Gasteiger partial charge in [0.15, 0.2) is 11.5 Å². The van der Waals surface area contributed by atoms with Gasteiger partial charge in [-0.1, -0.05) is 47.7 Å². The molecule has 3 rings (SSSR count). The fourth-order valence-electron chi connectivity index (χ4n) is 2.63. The van der Waals surface area contributed by atoms with Crippen molar-refractivity contribution in [2.24, 2.45) is 0 Å². The zero-order valence-electron chi connectivity index (χ0n) is 16.1. The summed E-state index contributed by atoms with van der Waals surface area (Å²) in [6.07, 6.45) is 1.58. The minimum atomic E-state index is -1.14. The fourth-order valence-corrected chi connectivity index (χ4v) is 3.88. The summed E-state index contributed by atoms with van der Waals surface area (Å²) >= 11 is 6.11. The second-order valence-corrected chi connectivity index (χ2v) is 8.00. The first-order chi connectivity index (χ1) is 14.3. The number of carbonyl (C=O) groups excluding carboxylic acids is 2. The average Bonchev–Trinajstić information content (AvgIpc) is 2.96. The number of carboxylic acids is 1. The SMILES string of the molecule is COc1cc(/C=C2/SC(=S)N(CC(=O)O)C2=O)ccc1OC(=O)c1ccc(C)cc1. The van der Waals surface area contributed by atoms with Crippen molar-refractivity contribution in [3.63, 3.8) is 0 Å². The molecule has 1 heterocycles. The van der Waals surface area contributed by atoms with E-state index in [1.54, 1.807) is 36.4 Å². The Morgan fingerprint density at radius 1 is 1.17 bits per heavy atom. The maximum atomic E-state index is 12.4. The predicted octanol–water partition coefficient (Wildman–Crippen LogP) is 3.51. The Kier molecular flexibility index (Phi) is 6.53. The molecular formula is C21H17NO6S2. The highest BCUT2D eigenvalue weighted by atomic mass is 32.2. The Labute approximate surface area is 182 Å². The summed E-state index contributed by atoms with van der Waals surface area (Å²) < 4.78 is 10.9. The predicted molar refractivity (Wildman–Crippen MR) is 117 cm³/mol. The Bertz CT molecular complexity index is 1060. The molecule has 1 aliphatic rings. The van der Waals surface area contributed by atoms with E-state index < -0.39 is 24.4 Å². The number of aryl methyl sites for hydroxylation is 1. The van der Waals surface area contributed by atoms with Crippen molar-refractivity contribution in [3.8, 4) is 11.5 Å². The van der Waals surface area contributed by atoms with Gasteiger partial charge >= 0.3 is 11.9 Å². The van der Waals surface area contributed by atoms with Crippen molar-refractivity contribution in [3.05, 3.63) is 64.1 Å². The van der Waals surface area contributed by atoms with Crippen molar-refractivity contribution < 1.29 is 29.0 Å². The number of thioether (sulfide) groups is 1. The van der Waals surface area contributed by atoms with Crippen LogP contribution in [0.15, 0.2) is 47.4 Å². The number of aliphatic carboxylic acids is 1. The number of methoxy groups -OCH3 is 1. The van der Waals surface area contributed by atoms with Gasteiger partial charge in [0.25, 0.3) is 5.91 Å². The van der Waals surface area contributed by atoms with E-state index >= 15 is 0 Å². The Morgan fingerprint density at radius 2 is 1.87 bits per heavy atom. The lowest BCUT2D eigenvalue weighted by Gasteiger charge is -2.11. The third kappa shape index (κ3) is 4.87. The molecule has 0 unspecified atom stereocenters. The lowest BCUT2D eigenvalue weighted by atomic mass is 10.1. The van der Waals surface area contributed by atoms with Gasteiger partial charge in [0.1, 0.15) is 10.9 Å².